The van der Waals surface area contributed by atoms with E-state index in [1.807, 2.05) is 7.05 Å². The molecule has 0 atom stereocenters. The highest BCUT2D eigenvalue weighted by Crippen LogP contribution is 2.43. The molecule has 2 aliphatic rings. The summed E-state index contributed by atoms with van der Waals surface area (Å²) in [6.07, 6.45) is 2.14. The molecule has 2 N–H and O–H groups in total. The Labute approximate surface area is 223 Å². The van der Waals surface area contributed by atoms with E-state index < -0.39 is 11.9 Å². The van der Waals surface area contributed by atoms with Gasteiger partial charge >= 0.3 is 6.09 Å². The Morgan fingerprint density at radius 2 is 2.05 bits per heavy atom. The first-order chi connectivity index (χ1) is 18.3. The molecule has 4 heterocycles. The minimum absolute atomic E-state index is 0.0353. The van der Waals surface area contributed by atoms with Gasteiger partial charge in [0.25, 0.3) is 0 Å². The highest BCUT2D eigenvalue weighted by atomic mass is 35.5. The predicted octanol–water partition coefficient (Wildman–Crippen LogP) is 4.14. The summed E-state index contributed by atoms with van der Waals surface area (Å²) in [5.41, 5.74) is 1.71. The number of hydrogen-bond donors (Lipinski definition) is 2. The second-order valence-corrected chi connectivity index (χ2v) is 9.48. The number of carbonyl (C=O) groups excluding carboxylic acids is 1. The first-order valence-corrected chi connectivity index (χ1v) is 12.3. The lowest BCUT2D eigenvalue weighted by molar-refractivity contribution is -0.117. The zero-order valence-corrected chi connectivity index (χ0v) is 21.2. The number of anilines is 2. The number of pyridine rings is 2. The standard InChI is InChI=1S/C26H25ClFN5O5/c1-32(18-13-37-14-18)5-4-23(34)30-17-8-15(11-29-12-17)19-10-22(20-9-16(27)2-3-21(20)28)31-25-24(19)38-7-6-33(25)26(35)36/h2-3,8-12,18H,4-7,13-14H2,1H3,(H,30,34)(H,35,36). The fraction of sp³-hybridized carbons (Fsp3) is 0.308. The molecule has 0 unspecified atom stereocenters. The van der Waals surface area contributed by atoms with Crippen LogP contribution in [0.5, 0.6) is 5.75 Å². The van der Waals surface area contributed by atoms with Crippen LogP contribution in [0, 0.1) is 5.82 Å². The van der Waals surface area contributed by atoms with Crippen LogP contribution < -0.4 is 15.0 Å². The number of benzene rings is 1. The van der Waals surface area contributed by atoms with Crippen LogP contribution in [0.4, 0.5) is 20.7 Å². The summed E-state index contributed by atoms with van der Waals surface area (Å²) < 4.78 is 25.8. The lowest BCUT2D eigenvalue weighted by Gasteiger charge is -2.34. The van der Waals surface area contributed by atoms with Gasteiger partial charge in [0.05, 0.1) is 43.4 Å². The van der Waals surface area contributed by atoms with Gasteiger partial charge in [0.15, 0.2) is 11.6 Å². The molecule has 0 bridgehead atoms. The molecule has 12 heteroatoms. The zero-order chi connectivity index (χ0) is 26.8. The molecule has 5 rings (SSSR count). The molecule has 1 saturated heterocycles. The summed E-state index contributed by atoms with van der Waals surface area (Å²) in [6, 6.07) is 7.68. The van der Waals surface area contributed by atoms with Crippen molar-refractivity contribution in [3.05, 3.63) is 53.6 Å². The molecule has 1 aromatic carbocycles. The molecule has 0 spiro atoms. The fourth-order valence-corrected chi connectivity index (χ4v) is 4.41. The van der Waals surface area contributed by atoms with E-state index in [4.69, 9.17) is 21.1 Å². The number of carbonyl (C=O) groups is 2. The van der Waals surface area contributed by atoms with Gasteiger partial charge in [-0.05, 0) is 37.4 Å². The third-order valence-electron chi connectivity index (χ3n) is 6.48. The number of likely N-dealkylation sites (N-methyl/N-ethyl adjacent to an activating group) is 1. The van der Waals surface area contributed by atoms with Crippen molar-refractivity contribution < 1.29 is 28.6 Å². The maximum Gasteiger partial charge on any atom is 0.413 e. The van der Waals surface area contributed by atoms with Crippen molar-refractivity contribution >= 4 is 35.1 Å². The van der Waals surface area contributed by atoms with Crippen LogP contribution in [-0.4, -0.2) is 78.0 Å². The van der Waals surface area contributed by atoms with E-state index in [-0.39, 0.29) is 48.3 Å². The molecule has 10 nitrogen and oxygen atoms in total. The quantitative estimate of drug-likeness (QED) is 0.458. The summed E-state index contributed by atoms with van der Waals surface area (Å²) in [4.78, 5) is 36.4. The Kier molecular flexibility index (Phi) is 7.41. The second kappa shape index (κ2) is 10.9. The van der Waals surface area contributed by atoms with Gasteiger partial charge in [0.1, 0.15) is 12.4 Å². The average molecular weight is 542 g/mol. The minimum atomic E-state index is -1.21. The van der Waals surface area contributed by atoms with E-state index in [0.717, 1.165) is 4.90 Å². The van der Waals surface area contributed by atoms with Gasteiger partial charge < -0.3 is 19.9 Å². The summed E-state index contributed by atoms with van der Waals surface area (Å²) in [5.74, 6) is -0.487. The number of rotatable bonds is 7. The highest BCUT2D eigenvalue weighted by Gasteiger charge is 2.29. The van der Waals surface area contributed by atoms with Crippen molar-refractivity contribution in [3.63, 3.8) is 0 Å². The number of carboxylic acid groups (broad SMARTS) is 1. The minimum Gasteiger partial charge on any atom is -0.487 e. The summed E-state index contributed by atoms with van der Waals surface area (Å²) in [5, 5.41) is 12.9. The van der Waals surface area contributed by atoms with Crippen LogP contribution in [0.3, 0.4) is 0 Å². The largest absolute Gasteiger partial charge is 0.487 e. The Bertz CT molecular complexity index is 1390. The summed E-state index contributed by atoms with van der Waals surface area (Å²) >= 11 is 6.11. The van der Waals surface area contributed by atoms with Crippen LogP contribution in [0.25, 0.3) is 22.4 Å². The molecule has 0 aliphatic carbocycles. The normalized spacial score (nSPS) is 15.0. The molecule has 3 aromatic rings. The molecular formula is C26H25ClFN5O5. The predicted molar refractivity (Wildman–Crippen MR) is 139 cm³/mol. The third kappa shape index (κ3) is 5.40. The molecular weight excluding hydrogens is 517 g/mol. The van der Waals surface area contributed by atoms with Crippen LogP contribution in [0.15, 0.2) is 42.7 Å². The van der Waals surface area contributed by atoms with E-state index in [2.05, 4.69) is 20.2 Å². The molecule has 2 aliphatic heterocycles. The maximum absolute atomic E-state index is 14.8. The van der Waals surface area contributed by atoms with Gasteiger partial charge in [0, 0.05) is 40.9 Å². The number of amides is 2. The number of nitrogens with one attached hydrogen (secondary N) is 1. The number of fused-ring (bicyclic) bond motifs is 1. The Balaban J connectivity index is 1.48. The molecule has 0 saturated carbocycles. The molecule has 2 aromatic heterocycles. The smallest absolute Gasteiger partial charge is 0.413 e. The van der Waals surface area contributed by atoms with Gasteiger partial charge in [-0.3, -0.25) is 19.6 Å². The second-order valence-electron chi connectivity index (χ2n) is 9.05. The lowest BCUT2D eigenvalue weighted by Crippen LogP contribution is -2.47. The number of nitrogens with zero attached hydrogens (tertiary/aromatic N) is 4. The lowest BCUT2D eigenvalue weighted by atomic mass is 10.0. The molecule has 0 radical (unpaired) electrons. The topological polar surface area (TPSA) is 117 Å². The first-order valence-electron chi connectivity index (χ1n) is 12.0. The van der Waals surface area contributed by atoms with Crippen molar-refractivity contribution in [1.29, 1.82) is 0 Å². The first kappa shape index (κ1) is 25.8. The third-order valence-corrected chi connectivity index (χ3v) is 6.71. The zero-order valence-electron chi connectivity index (χ0n) is 20.5. The summed E-state index contributed by atoms with van der Waals surface area (Å²) in [7, 11) is 1.95. The van der Waals surface area contributed by atoms with Crippen molar-refractivity contribution in [2.24, 2.45) is 0 Å². The van der Waals surface area contributed by atoms with Crippen molar-refractivity contribution in [2.75, 3.05) is 50.2 Å². The monoisotopic (exact) mass is 541 g/mol. The summed E-state index contributed by atoms with van der Waals surface area (Å²) in [6.45, 7) is 2.10. The number of aromatic nitrogens is 2. The molecule has 38 heavy (non-hydrogen) atoms. The van der Waals surface area contributed by atoms with Gasteiger partial charge in [-0.15, -0.1) is 0 Å². The number of hydrogen-bond acceptors (Lipinski definition) is 7. The van der Waals surface area contributed by atoms with Crippen molar-refractivity contribution in [3.8, 4) is 28.1 Å². The van der Waals surface area contributed by atoms with Gasteiger partial charge in [-0.1, -0.05) is 11.6 Å². The van der Waals surface area contributed by atoms with Crippen LogP contribution in [0.1, 0.15) is 6.42 Å². The molecule has 1 fully saturated rings. The van der Waals surface area contributed by atoms with Gasteiger partial charge in [-0.25, -0.2) is 14.2 Å². The number of halogens is 2. The van der Waals surface area contributed by atoms with E-state index in [9.17, 15) is 19.1 Å². The van der Waals surface area contributed by atoms with Crippen LogP contribution in [0.2, 0.25) is 5.02 Å². The SMILES string of the molecule is CN(CCC(=O)Nc1cncc(-c2cc(-c3cc(Cl)ccc3F)nc3c2OCCN3C(=O)O)c1)C1COC1. The van der Waals surface area contributed by atoms with Crippen molar-refractivity contribution in [2.45, 2.75) is 12.5 Å². The Hall–Kier alpha value is -3.80. The van der Waals surface area contributed by atoms with Gasteiger partial charge in [-0.2, -0.15) is 0 Å². The molecule has 198 valence electrons. The highest BCUT2D eigenvalue weighted by molar-refractivity contribution is 6.30. The van der Waals surface area contributed by atoms with E-state index >= 15 is 0 Å². The van der Waals surface area contributed by atoms with E-state index in [1.165, 1.54) is 24.4 Å². The number of ether oxygens (including phenoxy) is 2. The Morgan fingerprint density at radius 3 is 2.79 bits per heavy atom. The fourth-order valence-electron chi connectivity index (χ4n) is 4.24. The van der Waals surface area contributed by atoms with E-state index in [0.29, 0.717) is 47.6 Å². The van der Waals surface area contributed by atoms with Gasteiger partial charge in [0.2, 0.25) is 5.91 Å². The average Bonchev–Trinajstić information content (AvgIpc) is 2.87. The molecule has 2 amide bonds. The maximum atomic E-state index is 14.8. The Morgan fingerprint density at radius 1 is 1.24 bits per heavy atom. The van der Waals surface area contributed by atoms with E-state index in [1.54, 1.807) is 18.3 Å². The van der Waals surface area contributed by atoms with Crippen molar-refractivity contribution in [1.82, 2.24) is 14.9 Å². The van der Waals surface area contributed by atoms with Crippen LogP contribution >= 0.6 is 11.6 Å². The van der Waals surface area contributed by atoms with Crippen LogP contribution in [-0.2, 0) is 9.53 Å².